The van der Waals surface area contributed by atoms with Crippen LogP contribution in [-0.4, -0.2) is 22.1 Å². The topological polar surface area (TPSA) is 26.0 Å². The summed E-state index contributed by atoms with van der Waals surface area (Å²) in [6.07, 6.45) is 9.37. The molecule has 0 aromatic carbocycles. The number of nitrogens with two attached hydrogens (primary N) is 1. The van der Waals surface area contributed by atoms with Crippen molar-refractivity contribution in [3.05, 3.63) is 0 Å². The average molecular weight is 269 g/mol. The zero-order valence-corrected chi connectivity index (χ0v) is 12.1. The highest BCUT2D eigenvalue weighted by Crippen LogP contribution is 2.65. The monoisotopic (exact) mass is 269 g/mol. The van der Waals surface area contributed by atoms with Crippen molar-refractivity contribution in [3.8, 4) is 0 Å². The largest absolute Gasteiger partial charge is 0.326 e. The van der Waals surface area contributed by atoms with Crippen LogP contribution in [0.3, 0.4) is 0 Å². The van der Waals surface area contributed by atoms with Crippen LogP contribution in [0.5, 0.6) is 0 Å². The molecular formula is C14H23NS2. The molecule has 4 bridgehead atoms. The molecule has 1 heterocycles. The fourth-order valence-corrected chi connectivity index (χ4v) is 8.71. The van der Waals surface area contributed by atoms with Gasteiger partial charge in [0.05, 0.1) is 4.58 Å². The second kappa shape index (κ2) is 4.08. The lowest BCUT2D eigenvalue weighted by molar-refractivity contribution is -0.0426. The van der Waals surface area contributed by atoms with E-state index < -0.39 is 0 Å². The Bertz CT molecular complexity index is 274. The van der Waals surface area contributed by atoms with E-state index in [1.54, 1.807) is 38.5 Å². The highest BCUT2D eigenvalue weighted by molar-refractivity contribution is 8.17. The summed E-state index contributed by atoms with van der Waals surface area (Å²) in [6, 6.07) is 0.454. The van der Waals surface area contributed by atoms with Gasteiger partial charge in [0.2, 0.25) is 0 Å². The second-order valence-electron chi connectivity index (χ2n) is 7.04. The van der Waals surface area contributed by atoms with Crippen LogP contribution in [0.25, 0.3) is 0 Å². The van der Waals surface area contributed by atoms with Crippen molar-refractivity contribution in [3.63, 3.8) is 0 Å². The zero-order valence-electron chi connectivity index (χ0n) is 10.4. The molecule has 0 spiro atoms. The van der Waals surface area contributed by atoms with Gasteiger partial charge in [0.25, 0.3) is 0 Å². The third-order valence-electron chi connectivity index (χ3n) is 5.51. The van der Waals surface area contributed by atoms with Gasteiger partial charge in [-0.05, 0) is 61.7 Å². The van der Waals surface area contributed by atoms with Gasteiger partial charge in [0, 0.05) is 17.5 Å². The van der Waals surface area contributed by atoms with E-state index in [1.807, 2.05) is 0 Å². The van der Waals surface area contributed by atoms with Gasteiger partial charge in [-0.2, -0.15) is 0 Å². The van der Waals surface area contributed by atoms with Crippen LogP contribution >= 0.6 is 23.5 Å². The molecule has 1 nitrogen and oxygen atoms in total. The van der Waals surface area contributed by atoms with E-state index in [1.165, 1.54) is 11.5 Å². The van der Waals surface area contributed by atoms with Gasteiger partial charge in [-0.1, -0.05) is 0 Å². The Morgan fingerprint density at radius 2 is 1.29 bits per heavy atom. The Morgan fingerprint density at radius 3 is 1.76 bits per heavy atom. The molecule has 5 rings (SSSR count). The fraction of sp³-hybridized carbons (Fsp3) is 1.00. The van der Waals surface area contributed by atoms with Gasteiger partial charge in [-0.15, -0.1) is 23.5 Å². The minimum atomic E-state index is 0.454. The fourth-order valence-electron chi connectivity index (χ4n) is 5.34. The van der Waals surface area contributed by atoms with E-state index in [0.29, 0.717) is 6.04 Å². The molecule has 5 aliphatic rings. The minimum Gasteiger partial charge on any atom is -0.326 e. The van der Waals surface area contributed by atoms with E-state index >= 15 is 0 Å². The molecule has 1 aliphatic heterocycles. The van der Waals surface area contributed by atoms with Crippen LogP contribution in [0.2, 0.25) is 0 Å². The first-order chi connectivity index (χ1) is 8.23. The standard InChI is InChI=1S/C14H23NS2/c15-12-7-16-13(17-8-12)14-4-9-1-10(5-14)3-11(2-9)6-14/h9-13H,1-8,15H2. The Kier molecular flexibility index (Phi) is 2.75. The minimum absolute atomic E-state index is 0.454. The molecule has 0 amide bonds. The maximum absolute atomic E-state index is 6.05. The smallest absolute Gasteiger partial charge is 0.0560 e. The molecule has 4 aliphatic carbocycles. The predicted octanol–water partition coefficient (Wildman–Crippen LogP) is 3.34. The average Bonchev–Trinajstić information content (AvgIpc) is 2.27. The SMILES string of the molecule is NC1CSC(C23CC4CC(CC(C4)C2)C3)SC1. The maximum Gasteiger partial charge on any atom is 0.0560 e. The first kappa shape index (κ1) is 11.5. The third-order valence-corrected chi connectivity index (χ3v) is 9.17. The predicted molar refractivity (Wildman–Crippen MR) is 77.3 cm³/mol. The van der Waals surface area contributed by atoms with Crippen LogP contribution in [0, 0.1) is 23.2 Å². The molecule has 4 saturated carbocycles. The summed E-state index contributed by atoms with van der Waals surface area (Å²) in [5, 5.41) is 0. The molecule has 0 unspecified atom stereocenters. The normalized spacial score (nSPS) is 57.4. The maximum atomic E-state index is 6.05. The first-order valence-corrected chi connectivity index (χ1v) is 9.32. The van der Waals surface area contributed by atoms with Gasteiger partial charge in [-0.3, -0.25) is 0 Å². The lowest BCUT2D eigenvalue weighted by atomic mass is 9.50. The third kappa shape index (κ3) is 1.88. The Hall–Kier alpha value is 0.660. The molecule has 96 valence electrons. The van der Waals surface area contributed by atoms with Crippen molar-refractivity contribution >= 4 is 23.5 Å². The number of rotatable bonds is 1. The summed E-state index contributed by atoms with van der Waals surface area (Å²) in [7, 11) is 0. The van der Waals surface area contributed by atoms with Crippen molar-refractivity contribution in [1.29, 1.82) is 0 Å². The molecule has 0 radical (unpaired) electrons. The summed E-state index contributed by atoms with van der Waals surface area (Å²) in [5.41, 5.74) is 6.77. The summed E-state index contributed by atoms with van der Waals surface area (Å²) in [5.74, 6) is 5.70. The zero-order chi connectivity index (χ0) is 11.5. The number of hydrogen-bond acceptors (Lipinski definition) is 3. The van der Waals surface area contributed by atoms with Crippen molar-refractivity contribution < 1.29 is 0 Å². The highest BCUT2D eigenvalue weighted by Gasteiger charge is 2.54. The quantitative estimate of drug-likeness (QED) is 0.791. The van der Waals surface area contributed by atoms with Crippen molar-refractivity contribution in [1.82, 2.24) is 0 Å². The second-order valence-corrected chi connectivity index (χ2v) is 9.61. The van der Waals surface area contributed by atoms with Crippen molar-refractivity contribution in [2.45, 2.75) is 49.1 Å². The van der Waals surface area contributed by atoms with Crippen LogP contribution < -0.4 is 5.73 Å². The molecular weight excluding hydrogens is 246 g/mol. The molecule has 3 heteroatoms. The number of hydrogen-bond donors (Lipinski definition) is 1. The molecule has 0 aromatic rings. The van der Waals surface area contributed by atoms with Gasteiger partial charge < -0.3 is 5.73 Å². The van der Waals surface area contributed by atoms with E-state index in [0.717, 1.165) is 27.8 Å². The highest BCUT2D eigenvalue weighted by atomic mass is 32.2. The van der Waals surface area contributed by atoms with E-state index in [2.05, 4.69) is 23.5 Å². The van der Waals surface area contributed by atoms with Crippen molar-refractivity contribution in [2.75, 3.05) is 11.5 Å². The molecule has 2 N–H and O–H groups in total. The Labute approximate surface area is 113 Å². The van der Waals surface area contributed by atoms with Crippen LogP contribution in [0.15, 0.2) is 0 Å². The Balaban J connectivity index is 1.56. The lowest BCUT2D eigenvalue weighted by Gasteiger charge is -2.59. The van der Waals surface area contributed by atoms with E-state index in [4.69, 9.17) is 5.73 Å². The molecule has 1 saturated heterocycles. The van der Waals surface area contributed by atoms with Gasteiger partial charge in [0.15, 0.2) is 0 Å². The Morgan fingerprint density at radius 1 is 0.824 bits per heavy atom. The van der Waals surface area contributed by atoms with Gasteiger partial charge >= 0.3 is 0 Å². The van der Waals surface area contributed by atoms with Crippen LogP contribution in [0.1, 0.15) is 38.5 Å². The van der Waals surface area contributed by atoms with Crippen LogP contribution in [-0.2, 0) is 0 Å². The van der Waals surface area contributed by atoms with Gasteiger partial charge in [0.1, 0.15) is 0 Å². The first-order valence-electron chi connectivity index (χ1n) is 7.22. The molecule has 0 atom stereocenters. The van der Waals surface area contributed by atoms with Crippen molar-refractivity contribution in [2.24, 2.45) is 28.9 Å². The summed E-state index contributed by atoms with van der Waals surface area (Å²) >= 11 is 4.40. The summed E-state index contributed by atoms with van der Waals surface area (Å²) in [6.45, 7) is 0. The summed E-state index contributed by atoms with van der Waals surface area (Å²) < 4.78 is 0.885. The molecule has 0 aromatic heterocycles. The number of thioether (sulfide) groups is 2. The van der Waals surface area contributed by atoms with E-state index in [-0.39, 0.29) is 0 Å². The molecule has 17 heavy (non-hydrogen) atoms. The van der Waals surface area contributed by atoms with Gasteiger partial charge in [-0.25, -0.2) is 0 Å². The lowest BCUT2D eigenvalue weighted by Crippen LogP contribution is -2.51. The molecule has 5 fully saturated rings. The summed E-state index contributed by atoms with van der Waals surface area (Å²) in [4.78, 5) is 0. The van der Waals surface area contributed by atoms with E-state index in [9.17, 15) is 0 Å². The van der Waals surface area contributed by atoms with Crippen LogP contribution in [0.4, 0.5) is 0 Å².